The second kappa shape index (κ2) is 7.18. The molecule has 1 aliphatic heterocycles. The van der Waals surface area contributed by atoms with E-state index in [1.54, 1.807) is 30.1 Å². The maximum atomic E-state index is 12.6. The zero-order chi connectivity index (χ0) is 18.1. The molecule has 5 nitrogen and oxygen atoms in total. The highest BCUT2D eigenvalue weighted by atomic mass is 16.6. The van der Waals surface area contributed by atoms with Crippen LogP contribution in [-0.2, 0) is 5.34 Å². The number of hydrogen-bond acceptors (Lipinski definition) is 3. The van der Waals surface area contributed by atoms with E-state index in [9.17, 15) is 4.79 Å². The average Bonchev–Trinajstić information content (AvgIpc) is 2.50. The van der Waals surface area contributed by atoms with Crippen LogP contribution in [0, 0.1) is 11.8 Å². The van der Waals surface area contributed by atoms with Gasteiger partial charge >= 0.3 is 11.6 Å². The Morgan fingerprint density at radius 3 is 2.58 bits per heavy atom. The molecule has 1 saturated heterocycles. The van der Waals surface area contributed by atoms with Gasteiger partial charge in [0.05, 0.1) is 15.7 Å². The van der Waals surface area contributed by atoms with Gasteiger partial charge in [0.15, 0.2) is 0 Å². The Hall–Kier alpha value is -1.49. The van der Waals surface area contributed by atoms with Crippen LogP contribution in [0.5, 0.6) is 0 Å². The van der Waals surface area contributed by atoms with E-state index in [0.717, 1.165) is 13.1 Å². The molecule has 0 unspecified atom stereocenters. The largest absolute Gasteiger partial charge is 0.337 e. The molecule has 2 heterocycles. The fraction of sp³-hybridized carbons (Fsp3) is 0.647. The fourth-order valence-electron chi connectivity index (χ4n) is 2.88. The Bertz CT molecular complexity index is 601. The van der Waals surface area contributed by atoms with Crippen molar-refractivity contribution < 1.29 is 14.4 Å². The van der Waals surface area contributed by atoms with E-state index in [0.29, 0.717) is 29.8 Å². The van der Waals surface area contributed by atoms with Crippen molar-refractivity contribution in [3.8, 4) is 0 Å². The quantitative estimate of drug-likeness (QED) is 0.552. The van der Waals surface area contributed by atoms with Crippen LogP contribution in [0.1, 0.15) is 37.0 Å². The van der Waals surface area contributed by atoms with Gasteiger partial charge in [-0.2, -0.15) is 0 Å². The van der Waals surface area contributed by atoms with Crippen LogP contribution in [0.15, 0.2) is 18.2 Å². The van der Waals surface area contributed by atoms with Crippen LogP contribution in [0.25, 0.3) is 0 Å². The summed E-state index contributed by atoms with van der Waals surface area (Å²) >= 11 is 0. The highest BCUT2D eigenvalue weighted by Crippen LogP contribution is 2.31. The van der Waals surface area contributed by atoms with Crippen molar-refractivity contribution in [2.24, 2.45) is 11.8 Å². The zero-order valence-electron chi connectivity index (χ0n) is 15.3. The van der Waals surface area contributed by atoms with E-state index in [4.69, 9.17) is 20.5 Å². The van der Waals surface area contributed by atoms with E-state index in [1.165, 1.54) is 11.8 Å². The predicted octanol–water partition coefficient (Wildman–Crippen LogP) is 0.160. The molecule has 7 heteroatoms. The second-order valence-electron chi connectivity index (χ2n) is 6.83. The number of carbonyl (C=O) groups excluding carboxylic acids is 1. The van der Waals surface area contributed by atoms with Gasteiger partial charge in [0.1, 0.15) is 7.11 Å². The molecule has 0 N–H and O–H groups in total. The number of rotatable bonds is 6. The number of pyridine rings is 1. The molecule has 0 bridgehead atoms. The minimum Gasteiger partial charge on any atom is -0.337 e. The lowest BCUT2D eigenvalue weighted by molar-refractivity contribution is -0.893. The third-order valence-corrected chi connectivity index (χ3v) is 4.95. The Kier molecular flexibility index (Phi) is 5.63. The number of amides is 1. The number of likely N-dealkylation sites (tertiary alicyclic amines) is 1. The molecule has 0 aromatic carbocycles. The molecule has 0 saturated carbocycles. The van der Waals surface area contributed by atoms with Gasteiger partial charge in [-0.3, -0.25) is 9.63 Å². The summed E-state index contributed by atoms with van der Waals surface area (Å²) in [5.74, 6) is 1.04. The summed E-state index contributed by atoms with van der Waals surface area (Å²) < 4.78 is 1.44. The van der Waals surface area contributed by atoms with E-state index in [2.05, 4.69) is 13.8 Å². The van der Waals surface area contributed by atoms with E-state index < -0.39 is 5.34 Å². The summed E-state index contributed by atoms with van der Waals surface area (Å²) in [4.78, 5) is 21.6. The smallest absolute Gasteiger partial charge is 0.323 e. The first kappa shape index (κ1) is 18.8. The normalized spacial score (nSPS) is 16.1. The van der Waals surface area contributed by atoms with E-state index in [1.807, 2.05) is 11.8 Å². The van der Waals surface area contributed by atoms with Crippen molar-refractivity contribution in [3.63, 3.8) is 0 Å². The molecule has 0 atom stereocenters. The highest BCUT2D eigenvalue weighted by molar-refractivity contribution is 6.39. The van der Waals surface area contributed by atoms with E-state index in [-0.39, 0.29) is 5.91 Å². The summed E-state index contributed by atoms with van der Waals surface area (Å²) in [5.41, 5.74) is 0.961. The van der Waals surface area contributed by atoms with Crippen molar-refractivity contribution in [2.75, 3.05) is 33.8 Å². The van der Waals surface area contributed by atoms with Crippen LogP contribution in [-0.4, -0.2) is 65.2 Å². The van der Waals surface area contributed by atoms with Crippen molar-refractivity contribution in [1.29, 1.82) is 0 Å². The summed E-state index contributed by atoms with van der Waals surface area (Å²) in [5, 5.41) is -1.19. The van der Waals surface area contributed by atoms with Crippen LogP contribution in [0.2, 0.25) is 0 Å². The minimum absolute atomic E-state index is 0.138. The zero-order valence-corrected chi connectivity index (χ0v) is 15.3. The van der Waals surface area contributed by atoms with Crippen molar-refractivity contribution in [3.05, 3.63) is 29.6 Å². The molecule has 0 aliphatic carbocycles. The maximum Gasteiger partial charge on any atom is 0.323 e. The summed E-state index contributed by atoms with van der Waals surface area (Å²) in [7, 11) is 16.1. The lowest BCUT2D eigenvalue weighted by Crippen LogP contribution is -2.65. The van der Waals surface area contributed by atoms with Gasteiger partial charge in [0, 0.05) is 48.9 Å². The molecule has 126 valence electrons. The number of nitrogens with zero attached hydrogens (tertiary/aromatic N) is 3. The fourth-order valence-corrected chi connectivity index (χ4v) is 2.88. The Labute approximate surface area is 147 Å². The van der Waals surface area contributed by atoms with E-state index >= 15 is 0 Å². The molecule has 0 spiro atoms. The van der Waals surface area contributed by atoms with Gasteiger partial charge in [-0.25, -0.2) is 0 Å². The van der Waals surface area contributed by atoms with Crippen molar-refractivity contribution in [1.82, 2.24) is 9.80 Å². The Morgan fingerprint density at radius 1 is 1.46 bits per heavy atom. The lowest BCUT2D eigenvalue weighted by Gasteiger charge is -2.50. The first-order valence-electron chi connectivity index (χ1n) is 8.42. The molecule has 4 radical (unpaired) electrons. The average molecular weight is 326 g/mol. The third kappa shape index (κ3) is 3.32. The first-order chi connectivity index (χ1) is 11.2. The third-order valence-electron chi connectivity index (χ3n) is 4.95. The second-order valence-corrected chi connectivity index (χ2v) is 6.83. The molecule has 2 rings (SSSR count). The van der Waals surface area contributed by atoms with Crippen molar-refractivity contribution >= 4 is 21.6 Å². The lowest BCUT2D eigenvalue weighted by atomic mass is 9.56. The van der Waals surface area contributed by atoms with Gasteiger partial charge in [0.2, 0.25) is 5.69 Å². The molecule has 1 aromatic heterocycles. The molecular weight excluding hydrogens is 300 g/mol. The molecular formula is C17H26B2N3O2+. The topological polar surface area (TPSA) is 36.7 Å². The molecule has 1 aromatic rings. The molecule has 24 heavy (non-hydrogen) atoms. The van der Waals surface area contributed by atoms with Gasteiger partial charge in [-0.05, 0) is 24.8 Å². The molecule has 1 aliphatic rings. The Morgan fingerprint density at radius 2 is 2.08 bits per heavy atom. The van der Waals surface area contributed by atoms with Crippen LogP contribution < -0.4 is 9.57 Å². The van der Waals surface area contributed by atoms with Gasteiger partial charge in [0.25, 0.3) is 0 Å². The van der Waals surface area contributed by atoms with Crippen LogP contribution >= 0.6 is 0 Å². The Balaban J connectivity index is 2.35. The number of carbonyl (C=O) groups is 1. The number of aromatic nitrogens is 1. The van der Waals surface area contributed by atoms with Gasteiger partial charge < -0.3 is 9.80 Å². The van der Waals surface area contributed by atoms with Crippen LogP contribution in [0.4, 0.5) is 0 Å². The molecule has 1 amide bonds. The highest BCUT2D eigenvalue weighted by Gasteiger charge is 2.44. The van der Waals surface area contributed by atoms with Crippen LogP contribution in [0.3, 0.4) is 0 Å². The summed E-state index contributed by atoms with van der Waals surface area (Å²) in [6, 6.07) is 5.30. The van der Waals surface area contributed by atoms with Crippen molar-refractivity contribution in [2.45, 2.75) is 26.1 Å². The number of hydrogen-bond donors (Lipinski definition) is 0. The standard InChI is InChI=1S/C17H26B2N3O2/c1-6-20(4)16(23)14-8-7-9-15(22(14)24-5)17(18,19)21-10-13(11-21)12(2)3/h7-9,12-13H,6,10-11H2,1-5H3/q+1. The maximum absolute atomic E-state index is 12.6. The minimum atomic E-state index is -1.19. The monoisotopic (exact) mass is 326 g/mol. The predicted molar refractivity (Wildman–Crippen MR) is 94.9 cm³/mol. The molecule has 1 fully saturated rings. The van der Waals surface area contributed by atoms with Gasteiger partial charge in [-0.1, -0.05) is 13.8 Å². The first-order valence-corrected chi connectivity index (χ1v) is 8.42. The SMILES string of the molecule is [B]C([B])(c1cccc(C(=O)N(C)CC)[n+]1OC)N1CC(C(C)C)C1. The summed E-state index contributed by atoms with van der Waals surface area (Å²) in [6.07, 6.45) is 0. The summed E-state index contributed by atoms with van der Waals surface area (Å²) in [6.45, 7) is 8.59. The van der Waals surface area contributed by atoms with Gasteiger partial charge in [-0.15, -0.1) is 0 Å².